The number of carboxylic acid groups (broad SMARTS) is 2. The van der Waals surface area contributed by atoms with E-state index in [1.54, 1.807) is 0 Å². The summed E-state index contributed by atoms with van der Waals surface area (Å²) >= 11 is 0. The number of rotatable bonds is 3. The Balaban J connectivity index is 3.45. The van der Waals surface area contributed by atoms with E-state index in [0.717, 1.165) is 7.11 Å². The normalized spacial score (nSPS) is 16.4. The number of carbonyl (C=O) groups excluding carboxylic acids is 1. The van der Waals surface area contributed by atoms with Crippen LogP contribution in [-0.4, -0.2) is 35.2 Å². The zero-order chi connectivity index (χ0) is 14.0. The first kappa shape index (κ1) is 13.8. The molecule has 0 saturated carbocycles. The zero-order valence-electron chi connectivity index (χ0n) is 10.1. The lowest BCUT2D eigenvalue weighted by atomic mass is 9.85. The van der Waals surface area contributed by atoms with Crippen LogP contribution in [0.1, 0.15) is 13.8 Å². The fourth-order valence-corrected chi connectivity index (χ4v) is 1.91. The summed E-state index contributed by atoms with van der Waals surface area (Å²) in [5, 5.41) is 20.8. The van der Waals surface area contributed by atoms with Crippen LogP contribution in [0, 0.1) is 5.92 Å². The van der Waals surface area contributed by atoms with Gasteiger partial charge in [0.2, 0.25) is 0 Å². The first-order valence-corrected chi connectivity index (χ1v) is 5.04. The number of aliphatic carboxylic acids is 2. The van der Waals surface area contributed by atoms with E-state index in [0.29, 0.717) is 0 Å². The van der Waals surface area contributed by atoms with Gasteiger partial charge in [0, 0.05) is 11.4 Å². The quantitative estimate of drug-likeness (QED) is 0.613. The maximum Gasteiger partial charge on any atom is 0.334 e. The number of methoxy groups -OCH3 is 1. The van der Waals surface area contributed by atoms with Gasteiger partial charge in [-0.3, -0.25) is 4.79 Å². The number of ether oxygens (including phenoxy) is 1. The minimum absolute atomic E-state index is 0.223. The maximum absolute atomic E-state index is 11.6. The molecule has 18 heavy (non-hydrogen) atoms. The van der Waals surface area contributed by atoms with Gasteiger partial charge in [-0.1, -0.05) is 0 Å². The predicted octanol–water partition coefficient (Wildman–Crippen LogP) is 0.0960. The molecular weight excluding hydrogens is 242 g/mol. The van der Waals surface area contributed by atoms with Crippen LogP contribution in [0.5, 0.6) is 0 Å². The predicted molar refractivity (Wildman–Crippen MR) is 59.3 cm³/mol. The van der Waals surface area contributed by atoms with Crippen molar-refractivity contribution in [1.82, 2.24) is 5.32 Å². The number of esters is 1. The fraction of sp³-hybridized carbons (Fsp3) is 0.364. The fourth-order valence-electron chi connectivity index (χ4n) is 1.91. The third-order valence-corrected chi connectivity index (χ3v) is 2.66. The van der Waals surface area contributed by atoms with Crippen LogP contribution in [0.3, 0.4) is 0 Å². The molecule has 0 atom stereocenters. The number of hydrogen-bond donors (Lipinski definition) is 3. The van der Waals surface area contributed by atoms with E-state index >= 15 is 0 Å². The van der Waals surface area contributed by atoms with Gasteiger partial charge in [0.05, 0.1) is 18.3 Å². The summed E-state index contributed by atoms with van der Waals surface area (Å²) in [7, 11) is 1.08. The standard InChI is InChI=1S/C11H13NO6/c1-4-6(9(13)14)8(11(17)18-3)7(10(15)16)5(2)12-4/h8,12H,1-3H3,(H,13,14)(H,15,16). The van der Waals surface area contributed by atoms with Crippen LogP contribution in [0.15, 0.2) is 22.5 Å². The van der Waals surface area contributed by atoms with E-state index in [2.05, 4.69) is 10.1 Å². The molecule has 7 heteroatoms. The molecule has 1 rings (SSSR count). The van der Waals surface area contributed by atoms with Crippen molar-refractivity contribution in [3.05, 3.63) is 22.5 Å². The van der Waals surface area contributed by atoms with E-state index in [-0.39, 0.29) is 22.5 Å². The molecule has 1 aliphatic rings. The van der Waals surface area contributed by atoms with Gasteiger partial charge in [0.15, 0.2) is 0 Å². The summed E-state index contributed by atoms with van der Waals surface area (Å²) in [6, 6.07) is 0. The molecule has 0 bridgehead atoms. The highest BCUT2D eigenvalue weighted by Gasteiger charge is 2.40. The molecule has 7 nitrogen and oxygen atoms in total. The Morgan fingerprint density at radius 3 is 1.72 bits per heavy atom. The van der Waals surface area contributed by atoms with E-state index in [4.69, 9.17) is 10.2 Å². The summed E-state index contributed by atoms with van der Waals surface area (Å²) in [5.41, 5.74) is -0.185. The number of carbonyl (C=O) groups is 3. The van der Waals surface area contributed by atoms with Gasteiger partial charge in [-0.2, -0.15) is 0 Å². The minimum atomic E-state index is -1.42. The molecule has 0 spiro atoms. The molecule has 98 valence electrons. The van der Waals surface area contributed by atoms with Crippen molar-refractivity contribution >= 4 is 17.9 Å². The lowest BCUT2D eigenvalue weighted by molar-refractivity contribution is -0.147. The molecule has 0 aromatic rings. The molecule has 0 aliphatic carbocycles. The Morgan fingerprint density at radius 2 is 1.44 bits per heavy atom. The topological polar surface area (TPSA) is 113 Å². The molecule has 0 radical (unpaired) electrons. The maximum atomic E-state index is 11.6. The van der Waals surface area contributed by atoms with E-state index < -0.39 is 23.8 Å². The van der Waals surface area contributed by atoms with Gasteiger partial charge in [-0.25, -0.2) is 9.59 Å². The van der Waals surface area contributed by atoms with Crippen LogP contribution in [0.4, 0.5) is 0 Å². The number of carboxylic acids is 2. The highest BCUT2D eigenvalue weighted by atomic mass is 16.5. The molecule has 1 aliphatic heterocycles. The van der Waals surface area contributed by atoms with Crippen molar-refractivity contribution in [2.45, 2.75) is 13.8 Å². The number of allylic oxidation sites excluding steroid dienone is 2. The first-order valence-electron chi connectivity index (χ1n) is 5.04. The number of hydrogen-bond acceptors (Lipinski definition) is 5. The lowest BCUT2D eigenvalue weighted by Gasteiger charge is -2.26. The van der Waals surface area contributed by atoms with Gasteiger partial charge in [0.1, 0.15) is 5.92 Å². The monoisotopic (exact) mass is 255 g/mol. The van der Waals surface area contributed by atoms with Gasteiger partial charge in [-0.15, -0.1) is 0 Å². The van der Waals surface area contributed by atoms with Gasteiger partial charge < -0.3 is 20.3 Å². The molecular formula is C11H13NO6. The highest BCUT2D eigenvalue weighted by molar-refractivity contribution is 6.04. The number of dihydropyridines is 1. The van der Waals surface area contributed by atoms with Crippen LogP contribution in [-0.2, 0) is 19.1 Å². The largest absolute Gasteiger partial charge is 0.478 e. The second kappa shape index (κ2) is 4.91. The third kappa shape index (κ3) is 2.20. The zero-order valence-corrected chi connectivity index (χ0v) is 10.1. The Kier molecular flexibility index (Phi) is 3.75. The summed E-state index contributed by atoms with van der Waals surface area (Å²) in [4.78, 5) is 33.9. The molecule has 3 N–H and O–H groups in total. The second-order valence-electron chi connectivity index (χ2n) is 3.77. The minimum Gasteiger partial charge on any atom is -0.478 e. The van der Waals surface area contributed by atoms with E-state index in [1.807, 2.05) is 0 Å². The van der Waals surface area contributed by atoms with Gasteiger partial charge in [0.25, 0.3) is 0 Å². The van der Waals surface area contributed by atoms with Crippen molar-refractivity contribution in [1.29, 1.82) is 0 Å². The van der Waals surface area contributed by atoms with Crippen molar-refractivity contribution < 1.29 is 29.3 Å². The van der Waals surface area contributed by atoms with Crippen molar-refractivity contribution in [3.8, 4) is 0 Å². The number of nitrogens with one attached hydrogen (secondary N) is 1. The van der Waals surface area contributed by atoms with E-state index in [1.165, 1.54) is 13.8 Å². The molecule has 0 fully saturated rings. The van der Waals surface area contributed by atoms with Crippen LogP contribution in [0.25, 0.3) is 0 Å². The Labute approximate surface area is 103 Å². The molecule has 1 heterocycles. The summed E-state index contributed by atoms with van der Waals surface area (Å²) < 4.78 is 4.49. The molecule has 0 aromatic carbocycles. The van der Waals surface area contributed by atoms with Crippen molar-refractivity contribution in [2.75, 3.05) is 7.11 Å². The third-order valence-electron chi connectivity index (χ3n) is 2.66. The Bertz CT molecular complexity index is 452. The molecule has 0 amide bonds. The molecule has 0 aromatic heterocycles. The lowest BCUT2D eigenvalue weighted by Crippen LogP contribution is -2.36. The summed E-state index contributed by atoms with van der Waals surface area (Å²) in [6.07, 6.45) is 0. The SMILES string of the molecule is COC(=O)C1C(C(=O)O)=C(C)NC(C)=C1C(=O)O. The second-order valence-corrected chi connectivity index (χ2v) is 3.77. The van der Waals surface area contributed by atoms with Crippen LogP contribution < -0.4 is 5.32 Å². The van der Waals surface area contributed by atoms with Crippen molar-refractivity contribution in [2.24, 2.45) is 5.92 Å². The first-order chi connectivity index (χ1) is 8.31. The average molecular weight is 255 g/mol. The Hall–Kier alpha value is -2.31. The van der Waals surface area contributed by atoms with E-state index in [9.17, 15) is 14.4 Å². The molecule has 0 saturated heterocycles. The van der Waals surface area contributed by atoms with Crippen LogP contribution in [0.2, 0.25) is 0 Å². The summed E-state index contributed by atoms with van der Waals surface area (Å²) in [5.74, 6) is -5.06. The molecule has 0 unspecified atom stereocenters. The smallest absolute Gasteiger partial charge is 0.334 e. The summed E-state index contributed by atoms with van der Waals surface area (Å²) in [6.45, 7) is 2.92. The van der Waals surface area contributed by atoms with Gasteiger partial charge in [-0.05, 0) is 13.8 Å². The Morgan fingerprint density at radius 1 is 1.06 bits per heavy atom. The highest BCUT2D eigenvalue weighted by Crippen LogP contribution is 2.30. The average Bonchev–Trinajstić information content (AvgIpc) is 2.25. The van der Waals surface area contributed by atoms with Crippen LogP contribution >= 0.6 is 0 Å². The van der Waals surface area contributed by atoms with Crippen molar-refractivity contribution in [3.63, 3.8) is 0 Å². The van der Waals surface area contributed by atoms with Gasteiger partial charge >= 0.3 is 17.9 Å².